The lowest BCUT2D eigenvalue weighted by molar-refractivity contribution is -0.384. The molecule has 2 rings (SSSR count). The monoisotopic (exact) mass is 378 g/mol. The van der Waals surface area contributed by atoms with E-state index in [9.17, 15) is 19.7 Å². The van der Waals surface area contributed by atoms with Gasteiger partial charge in [-0.2, -0.15) is 0 Å². The second-order valence-electron chi connectivity index (χ2n) is 7.46. The summed E-state index contributed by atoms with van der Waals surface area (Å²) in [5.41, 5.74) is 0.175. The summed E-state index contributed by atoms with van der Waals surface area (Å²) in [7, 11) is 0. The Labute approximate surface area is 158 Å². The summed E-state index contributed by atoms with van der Waals surface area (Å²) < 4.78 is 5.17. The maximum atomic E-state index is 12.5. The number of alkyl carbamates (subject to hydrolysis) is 1. The van der Waals surface area contributed by atoms with Crippen LogP contribution in [0, 0.1) is 10.1 Å². The van der Waals surface area contributed by atoms with Crippen molar-refractivity contribution in [2.75, 3.05) is 31.1 Å². The molecule has 1 N–H and O–H groups in total. The van der Waals surface area contributed by atoms with Gasteiger partial charge in [-0.25, -0.2) is 4.79 Å². The lowest BCUT2D eigenvalue weighted by Crippen LogP contribution is -2.54. The van der Waals surface area contributed by atoms with E-state index in [1.807, 2.05) is 11.0 Å². The summed E-state index contributed by atoms with van der Waals surface area (Å²) >= 11 is 0. The molecule has 9 heteroatoms. The molecule has 0 radical (unpaired) electrons. The highest BCUT2D eigenvalue weighted by Crippen LogP contribution is 2.22. The average Bonchev–Trinajstić information content (AvgIpc) is 2.59. The van der Waals surface area contributed by atoms with Crippen molar-refractivity contribution in [1.29, 1.82) is 0 Å². The fraction of sp³-hybridized carbons (Fsp3) is 0.556. The van der Waals surface area contributed by atoms with Crippen LogP contribution in [0.1, 0.15) is 27.7 Å². The normalized spacial score (nSPS) is 15.9. The van der Waals surface area contributed by atoms with E-state index in [1.54, 1.807) is 38.7 Å². The number of ether oxygens (including phenoxy) is 1. The average molecular weight is 378 g/mol. The van der Waals surface area contributed by atoms with E-state index in [4.69, 9.17) is 4.74 Å². The van der Waals surface area contributed by atoms with E-state index < -0.39 is 22.7 Å². The molecule has 1 heterocycles. The Morgan fingerprint density at radius 2 is 1.85 bits per heavy atom. The van der Waals surface area contributed by atoms with Crippen LogP contribution in [0.25, 0.3) is 0 Å². The van der Waals surface area contributed by atoms with Crippen molar-refractivity contribution >= 4 is 23.4 Å². The third kappa shape index (κ3) is 5.83. The van der Waals surface area contributed by atoms with Crippen LogP contribution in [0.5, 0.6) is 0 Å². The molecule has 1 aromatic carbocycles. The van der Waals surface area contributed by atoms with E-state index in [2.05, 4.69) is 5.32 Å². The van der Waals surface area contributed by atoms with E-state index in [1.165, 1.54) is 12.1 Å². The second-order valence-corrected chi connectivity index (χ2v) is 7.46. The van der Waals surface area contributed by atoms with Gasteiger partial charge >= 0.3 is 6.09 Å². The van der Waals surface area contributed by atoms with Crippen molar-refractivity contribution < 1.29 is 19.2 Å². The minimum Gasteiger partial charge on any atom is -0.444 e. The Bertz CT molecular complexity index is 708. The first-order valence-corrected chi connectivity index (χ1v) is 8.84. The molecule has 1 unspecified atom stereocenters. The van der Waals surface area contributed by atoms with E-state index in [0.29, 0.717) is 26.2 Å². The predicted molar refractivity (Wildman–Crippen MR) is 101 cm³/mol. The molecule has 2 amide bonds. The number of nitrogens with one attached hydrogen (secondary N) is 1. The van der Waals surface area contributed by atoms with Gasteiger partial charge in [0.05, 0.1) is 4.92 Å². The van der Waals surface area contributed by atoms with Crippen molar-refractivity contribution in [2.45, 2.75) is 39.3 Å². The molecule has 27 heavy (non-hydrogen) atoms. The molecule has 1 saturated heterocycles. The van der Waals surface area contributed by atoms with Gasteiger partial charge in [-0.05, 0) is 33.8 Å². The number of carbonyl (C=O) groups excluding carboxylic acids is 2. The molecule has 1 fully saturated rings. The number of anilines is 1. The van der Waals surface area contributed by atoms with E-state index >= 15 is 0 Å². The number of carbonyl (C=O) groups is 2. The first-order valence-electron chi connectivity index (χ1n) is 8.84. The van der Waals surface area contributed by atoms with Gasteiger partial charge in [-0.1, -0.05) is 6.07 Å². The lowest BCUT2D eigenvalue weighted by atomic mass is 10.2. The molecular formula is C18H26N4O5. The van der Waals surface area contributed by atoms with Crippen LogP contribution < -0.4 is 10.2 Å². The van der Waals surface area contributed by atoms with Gasteiger partial charge in [0.2, 0.25) is 5.91 Å². The van der Waals surface area contributed by atoms with Gasteiger partial charge in [0.15, 0.2) is 0 Å². The second kappa shape index (κ2) is 8.24. The molecular weight excluding hydrogens is 352 g/mol. The van der Waals surface area contributed by atoms with Crippen LogP contribution >= 0.6 is 0 Å². The zero-order chi connectivity index (χ0) is 20.2. The first kappa shape index (κ1) is 20.5. The number of hydrogen-bond donors (Lipinski definition) is 1. The summed E-state index contributed by atoms with van der Waals surface area (Å²) in [6.45, 7) is 8.96. The maximum Gasteiger partial charge on any atom is 0.408 e. The number of nitro groups is 1. The Kier molecular flexibility index (Phi) is 6.24. The van der Waals surface area contributed by atoms with Crippen LogP contribution in [-0.4, -0.2) is 59.6 Å². The Morgan fingerprint density at radius 1 is 1.22 bits per heavy atom. The molecule has 1 aromatic rings. The Hall–Kier alpha value is -2.84. The van der Waals surface area contributed by atoms with Gasteiger partial charge in [0.25, 0.3) is 5.69 Å². The van der Waals surface area contributed by atoms with Crippen LogP contribution in [0.4, 0.5) is 16.2 Å². The summed E-state index contributed by atoms with van der Waals surface area (Å²) in [5.74, 6) is -0.181. The molecule has 0 saturated carbocycles. The smallest absolute Gasteiger partial charge is 0.408 e. The zero-order valence-corrected chi connectivity index (χ0v) is 16.1. The van der Waals surface area contributed by atoms with Gasteiger partial charge in [0.1, 0.15) is 11.6 Å². The SMILES string of the molecule is CC(NC(=O)OC(C)(C)C)C(=O)N1CCN(c2cccc([N+](=O)[O-])c2)CC1. The van der Waals surface area contributed by atoms with Crippen LogP contribution in [0.2, 0.25) is 0 Å². The summed E-state index contributed by atoms with van der Waals surface area (Å²) in [6.07, 6.45) is -0.626. The Morgan fingerprint density at radius 3 is 2.41 bits per heavy atom. The largest absolute Gasteiger partial charge is 0.444 e. The quantitative estimate of drug-likeness (QED) is 0.636. The summed E-state index contributed by atoms with van der Waals surface area (Å²) in [5, 5.41) is 13.5. The summed E-state index contributed by atoms with van der Waals surface area (Å²) in [4.78, 5) is 38.5. The van der Waals surface area contributed by atoms with Crippen LogP contribution in [-0.2, 0) is 9.53 Å². The molecule has 0 aromatic heterocycles. The minimum atomic E-state index is -0.691. The molecule has 9 nitrogen and oxygen atoms in total. The molecule has 0 spiro atoms. The van der Waals surface area contributed by atoms with Crippen LogP contribution in [0.3, 0.4) is 0 Å². The Balaban J connectivity index is 1.89. The highest BCUT2D eigenvalue weighted by Gasteiger charge is 2.27. The van der Waals surface area contributed by atoms with Crippen molar-refractivity contribution in [3.05, 3.63) is 34.4 Å². The maximum absolute atomic E-state index is 12.5. The number of piperazine rings is 1. The minimum absolute atomic E-state index is 0.0428. The third-order valence-corrected chi connectivity index (χ3v) is 4.10. The van der Waals surface area contributed by atoms with Gasteiger partial charge < -0.3 is 19.9 Å². The lowest BCUT2D eigenvalue weighted by Gasteiger charge is -2.37. The number of rotatable bonds is 4. The zero-order valence-electron chi connectivity index (χ0n) is 16.1. The van der Waals surface area contributed by atoms with Crippen molar-refractivity contribution in [3.63, 3.8) is 0 Å². The number of nitrogens with zero attached hydrogens (tertiary/aromatic N) is 3. The molecule has 1 aliphatic rings. The molecule has 0 aliphatic carbocycles. The van der Waals surface area contributed by atoms with Gasteiger partial charge in [0, 0.05) is 44.0 Å². The summed E-state index contributed by atoms with van der Waals surface area (Å²) in [6, 6.07) is 5.76. The van der Waals surface area contributed by atoms with Gasteiger partial charge in [-0.3, -0.25) is 14.9 Å². The highest BCUT2D eigenvalue weighted by atomic mass is 16.6. The number of non-ortho nitro benzene ring substituents is 1. The van der Waals surface area contributed by atoms with Crippen molar-refractivity contribution in [2.24, 2.45) is 0 Å². The highest BCUT2D eigenvalue weighted by molar-refractivity contribution is 5.85. The van der Waals surface area contributed by atoms with Crippen molar-refractivity contribution in [1.82, 2.24) is 10.2 Å². The fourth-order valence-electron chi connectivity index (χ4n) is 2.81. The standard InChI is InChI=1S/C18H26N4O5/c1-13(19-17(24)27-18(2,3)4)16(23)21-10-8-20(9-11-21)14-6-5-7-15(12-14)22(25)26/h5-7,12-13H,8-11H2,1-4H3,(H,19,24). The topological polar surface area (TPSA) is 105 Å². The van der Waals surface area contributed by atoms with Crippen molar-refractivity contribution in [3.8, 4) is 0 Å². The molecule has 1 atom stereocenters. The predicted octanol–water partition coefficient (Wildman–Crippen LogP) is 2.16. The number of hydrogen-bond acceptors (Lipinski definition) is 6. The molecule has 148 valence electrons. The van der Waals surface area contributed by atoms with Gasteiger partial charge in [-0.15, -0.1) is 0 Å². The number of amides is 2. The molecule has 1 aliphatic heterocycles. The fourth-order valence-corrected chi connectivity index (χ4v) is 2.81. The number of nitro benzene ring substituents is 1. The van der Waals surface area contributed by atoms with Crippen LogP contribution in [0.15, 0.2) is 24.3 Å². The van der Waals surface area contributed by atoms with E-state index in [-0.39, 0.29) is 11.6 Å². The van der Waals surface area contributed by atoms with E-state index in [0.717, 1.165) is 5.69 Å². The molecule has 0 bridgehead atoms. The first-order chi connectivity index (χ1) is 12.6. The number of benzene rings is 1. The third-order valence-electron chi connectivity index (χ3n) is 4.10.